The van der Waals surface area contributed by atoms with Crippen molar-refractivity contribution in [2.24, 2.45) is 0 Å². The van der Waals surface area contributed by atoms with Crippen LogP contribution in [0.3, 0.4) is 0 Å². The van der Waals surface area contributed by atoms with Crippen LogP contribution >= 0.6 is 0 Å². The van der Waals surface area contributed by atoms with Gasteiger partial charge in [0, 0.05) is 0 Å². The van der Waals surface area contributed by atoms with Gasteiger partial charge in [-0.15, -0.1) is 0 Å². The van der Waals surface area contributed by atoms with Gasteiger partial charge in [-0.05, 0) is 74.7 Å². The number of hydrogen-bond donors (Lipinski definition) is 1. The second-order valence-electron chi connectivity index (χ2n) is 5.60. The van der Waals surface area contributed by atoms with Crippen molar-refractivity contribution in [3.8, 4) is 0 Å². The predicted octanol–water partition coefficient (Wildman–Crippen LogP) is 4.37. The minimum atomic E-state index is -0.178. The van der Waals surface area contributed by atoms with E-state index in [1.54, 1.807) is 12.1 Å². The van der Waals surface area contributed by atoms with Crippen molar-refractivity contribution in [3.05, 3.63) is 69.5 Å². The van der Waals surface area contributed by atoms with Gasteiger partial charge < -0.3 is 5.32 Å². The topological polar surface area (TPSA) is 12.0 Å². The molecule has 1 atom stereocenters. The monoisotopic (exact) mass is 271 g/mol. The highest BCUT2D eigenvalue weighted by molar-refractivity contribution is 5.44. The van der Waals surface area contributed by atoms with Crippen molar-refractivity contribution in [3.63, 3.8) is 0 Å². The first-order valence-electron chi connectivity index (χ1n) is 6.94. The molecular weight excluding hydrogens is 249 g/mol. The Balaban J connectivity index is 2.58. The highest BCUT2D eigenvalue weighted by Gasteiger charge is 2.17. The molecule has 2 heteroatoms. The van der Waals surface area contributed by atoms with E-state index in [0.29, 0.717) is 0 Å². The van der Waals surface area contributed by atoms with Crippen molar-refractivity contribution >= 4 is 0 Å². The molecule has 0 amide bonds. The number of nitrogens with one attached hydrogen (secondary N) is 1. The van der Waals surface area contributed by atoms with E-state index >= 15 is 0 Å². The number of rotatable bonds is 3. The molecule has 0 bridgehead atoms. The van der Waals surface area contributed by atoms with E-state index in [2.05, 4.69) is 38.2 Å². The van der Waals surface area contributed by atoms with Gasteiger partial charge in [-0.25, -0.2) is 4.39 Å². The van der Waals surface area contributed by atoms with E-state index in [1.807, 2.05) is 20.0 Å². The largest absolute Gasteiger partial charge is 0.309 e. The lowest BCUT2D eigenvalue weighted by molar-refractivity contribution is 0.614. The van der Waals surface area contributed by atoms with Crippen LogP contribution in [0.4, 0.5) is 4.39 Å². The molecule has 0 aliphatic heterocycles. The van der Waals surface area contributed by atoms with Crippen LogP contribution in [0.2, 0.25) is 0 Å². The third-order valence-electron chi connectivity index (χ3n) is 3.71. The van der Waals surface area contributed by atoms with Crippen LogP contribution in [-0.2, 0) is 0 Å². The Morgan fingerprint density at radius 2 is 1.40 bits per heavy atom. The molecule has 1 N–H and O–H groups in total. The molecule has 106 valence electrons. The maximum Gasteiger partial charge on any atom is 0.123 e. The Morgan fingerprint density at radius 3 is 1.90 bits per heavy atom. The Bertz CT molecular complexity index is 588. The third-order valence-corrected chi connectivity index (χ3v) is 3.71. The zero-order valence-corrected chi connectivity index (χ0v) is 12.8. The van der Waals surface area contributed by atoms with Gasteiger partial charge in [-0.3, -0.25) is 0 Å². The van der Waals surface area contributed by atoms with Gasteiger partial charge in [0.05, 0.1) is 6.04 Å². The molecule has 0 aliphatic carbocycles. The van der Waals surface area contributed by atoms with Crippen molar-refractivity contribution in [1.82, 2.24) is 5.32 Å². The lowest BCUT2D eigenvalue weighted by atomic mass is 9.89. The zero-order valence-electron chi connectivity index (χ0n) is 12.8. The first kappa shape index (κ1) is 14.7. The van der Waals surface area contributed by atoms with Gasteiger partial charge in [0.15, 0.2) is 0 Å². The van der Waals surface area contributed by atoms with Crippen LogP contribution in [-0.4, -0.2) is 7.05 Å². The summed E-state index contributed by atoms with van der Waals surface area (Å²) in [7, 11) is 1.92. The molecule has 0 saturated heterocycles. The summed E-state index contributed by atoms with van der Waals surface area (Å²) in [6, 6.07) is 9.60. The fourth-order valence-corrected chi connectivity index (χ4v) is 3.06. The summed E-state index contributed by atoms with van der Waals surface area (Å²) in [6.07, 6.45) is 0. The Morgan fingerprint density at radius 1 is 0.850 bits per heavy atom. The molecule has 1 nitrogen and oxygen atoms in total. The van der Waals surface area contributed by atoms with E-state index in [1.165, 1.54) is 22.3 Å². The van der Waals surface area contributed by atoms with Gasteiger partial charge in [0.25, 0.3) is 0 Å². The lowest BCUT2D eigenvalue weighted by Crippen LogP contribution is -2.20. The molecule has 0 aromatic heterocycles. The van der Waals surface area contributed by atoms with Gasteiger partial charge in [-0.2, -0.15) is 0 Å². The van der Waals surface area contributed by atoms with Gasteiger partial charge in [0.2, 0.25) is 0 Å². The smallest absolute Gasteiger partial charge is 0.123 e. The SMILES string of the molecule is CNC(c1cc(C)cc(F)c1)c1c(C)cc(C)cc1C. The molecule has 0 spiro atoms. The number of aryl methyl sites for hydroxylation is 4. The average Bonchev–Trinajstić information content (AvgIpc) is 2.32. The van der Waals surface area contributed by atoms with E-state index in [0.717, 1.165) is 11.1 Å². The molecule has 0 fully saturated rings. The van der Waals surface area contributed by atoms with Crippen LogP contribution in [0, 0.1) is 33.5 Å². The number of hydrogen-bond acceptors (Lipinski definition) is 1. The van der Waals surface area contributed by atoms with E-state index in [4.69, 9.17) is 0 Å². The summed E-state index contributed by atoms with van der Waals surface area (Å²) in [4.78, 5) is 0. The van der Waals surface area contributed by atoms with E-state index in [-0.39, 0.29) is 11.9 Å². The summed E-state index contributed by atoms with van der Waals surface area (Å²) in [5.74, 6) is -0.178. The average molecular weight is 271 g/mol. The molecule has 1 unspecified atom stereocenters. The molecule has 20 heavy (non-hydrogen) atoms. The summed E-state index contributed by atoms with van der Waals surface area (Å²) < 4.78 is 13.7. The van der Waals surface area contributed by atoms with E-state index in [9.17, 15) is 4.39 Å². The fraction of sp³-hybridized carbons (Fsp3) is 0.333. The fourth-order valence-electron chi connectivity index (χ4n) is 3.06. The molecule has 0 heterocycles. The summed E-state index contributed by atoms with van der Waals surface area (Å²) in [5.41, 5.74) is 6.90. The molecule has 2 rings (SSSR count). The molecular formula is C18H22FN. The number of benzene rings is 2. The quantitative estimate of drug-likeness (QED) is 0.874. The highest BCUT2D eigenvalue weighted by Crippen LogP contribution is 2.29. The maximum absolute atomic E-state index is 13.7. The molecule has 0 saturated carbocycles. The van der Waals surface area contributed by atoms with Crippen LogP contribution in [0.25, 0.3) is 0 Å². The minimum Gasteiger partial charge on any atom is -0.309 e. The Kier molecular flexibility index (Phi) is 4.24. The van der Waals surface area contributed by atoms with Gasteiger partial charge >= 0.3 is 0 Å². The van der Waals surface area contributed by atoms with Gasteiger partial charge in [-0.1, -0.05) is 23.8 Å². The van der Waals surface area contributed by atoms with Crippen molar-refractivity contribution in [1.29, 1.82) is 0 Å². The minimum absolute atomic E-state index is 0.0185. The van der Waals surface area contributed by atoms with Crippen LogP contribution in [0.15, 0.2) is 30.3 Å². The highest BCUT2D eigenvalue weighted by atomic mass is 19.1. The molecule has 2 aromatic rings. The van der Waals surface area contributed by atoms with Crippen LogP contribution in [0.1, 0.15) is 39.4 Å². The van der Waals surface area contributed by atoms with Crippen LogP contribution in [0.5, 0.6) is 0 Å². The van der Waals surface area contributed by atoms with Gasteiger partial charge in [0.1, 0.15) is 5.82 Å². The van der Waals surface area contributed by atoms with Crippen molar-refractivity contribution in [2.75, 3.05) is 7.05 Å². The maximum atomic E-state index is 13.7. The first-order chi connectivity index (χ1) is 9.42. The van der Waals surface area contributed by atoms with Crippen LogP contribution < -0.4 is 5.32 Å². The molecule has 2 aromatic carbocycles. The standard InChI is InChI=1S/C18H22FN/c1-11-6-13(3)17(14(4)7-11)18(20-5)15-8-12(2)9-16(19)10-15/h6-10,18,20H,1-5H3. The molecule has 0 radical (unpaired) electrons. The predicted molar refractivity (Wildman–Crippen MR) is 82.7 cm³/mol. The van der Waals surface area contributed by atoms with Crippen molar-refractivity contribution < 1.29 is 4.39 Å². The Labute approximate surface area is 120 Å². The molecule has 0 aliphatic rings. The van der Waals surface area contributed by atoms with E-state index < -0.39 is 0 Å². The van der Waals surface area contributed by atoms with Crippen molar-refractivity contribution in [2.45, 2.75) is 33.7 Å². The first-order valence-corrected chi connectivity index (χ1v) is 6.94. The summed E-state index contributed by atoms with van der Waals surface area (Å²) in [5, 5.41) is 3.32. The Hall–Kier alpha value is -1.67. The lowest BCUT2D eigenvalue weighted by Gasteiger charge is -2.23. The second-order valence-corrected chi connectivity index (χ2v) is 5.60. The zero-order chi connectivity index (χ0) is 14.9. The summed E-state index contributed by atoms with van der Waals surface area (Å²) in [6.45, 7) is 8.26. The normalized spacial score (nSPS) is 12.5. The third kappa shape index (κ3) is 2.91. The second kappa shape index (κ2) is 5.76. The number of halogens is 1. The summed E-state index contributed by atoms with van der Waals surface area (Å²) >= 11 is 0.